The Bertz CT molecular complexity index is 1250. The second-order valence-corrected chi connectivity index (χ2v) is 7.10. The van der Waals surface area contributed by atoms with Crippen molar-refractivity contribution in [2.45, 2.75) is 0 Å². The Morgan fingerprint density at radius 3 is 1.50 bits per heavy atom. The second kappa shape index (κ2) is 8.22. The van der Waals surface area contributed by atoms with Crippen LogP contribution in [0, 0.1) is 22.7 Å². The molecule has 0 saturated carbocycles. The number of fused-ring (bicyclic) bond motifs is 2. The molecule has 154 valence electrons. The predicted molar refractivity (Wildman–Crippen MR) is 119 cm³/mol. The van der Waals surface area contributed by atoms with Gasteiger partial charge in [-0.2, -0.15) is 10.5 Å². The smallest absolute Gasteiger partial charge is 0.231 e. The van der Waals surface area contributed by atoms with Crippen LogP contribution in [0.3, 0.4) is 0 Å². The van der Waals surface area contributed by atoms with Crippen LogP contribution >= 0.6 is 0 Å². The molecule has 6 nitrogen and oxygen atoms in total. The zero-order valence-corrected chi connectivity index (χ0v) is 16.9. The number of benzene rings is 3. The van der Waals surface area contributed by atoms with Gasteiger partial charge in [0, 0.05) is 0 Å². The van der Waals surface area contributed by atoms with Crippen LogP contribution in [0.2, 0.25) is 0 Å². The SMILES string of the molecule is N#C/C(=C\c1ccccc1/C=C(\C#N)c1ccc2c(c1)OCO2)c1ccc2c(c1)OCO2. The van der Waals surface area contributed by atoms with Crippen LogP contribution in [-0.2, 0) is 0 Å². The highest BCUT2D eigenvalue weighted by molar-refractivity contribution is 5.95. The van der Waals surface area contributed by atoms with E-state index in [2.05, 4.69) is 12.1 Å². The van der Waals surface area contributed by atoms with Crippen LogP contribution in [-0.4, -0.2) is 13.6 Å². The van der Waals surface area contributed by atoms with E-state index in [0.29, 0.717) is 34.1 Å². The van der Waals surface area contributed by atoms with Crippen molar-refractivity contribution in [3.05, 3.63) is 82.9 Å². The lowest BCUT2D eigenvalue weighted by molar-refractivity contribution is 0.173. The van der Waals surface area contributed by atoms with Gasteiger partial charge in [0.15, 0.2) is 23.0 Å². The monoisotopic (exact) mass is 420 g/mol. The molecule has 0 fully saturated rings. The summed E-state index contributed by atoms with van der Waals surface area (Å²) in [4.78, 5) is 0. The van der Waals surface area contributed by atoms with Gasteiger partial charge in [0.1, 0.15) is 0 Å². The molecule has 3 aromatic carbocycles. The number of rotatable bonds is 4. The maximum absolute atomic E-state index is 9.79. The molecular formula is C26H16N2O4. The summed E-state index contributed by atoms with van der Waals surface area (Å²) in [5, 5.41) is 19.6. The highest BCUT2D eigenvalue weighted by atomic mass is 16.7. The Hall–Kier alpha value is -4.68. The van der Waals surface area contributed by atoms with E-state index in [1.165, 1.54) is 0 Å². The summed E-state index contributed by atoms with van der Waals surface area (Å²) in [6, 6.07) is 23.0. The first-order valence-corrected chi connectivity index (χ1v) is 9.88. The van der Waals surface area contributed by atoms with Gasteiger partial charge in [-0.05, 0) is 70.8 Å². The van der Waals surface area contributed by atoms with Crippen LogP contribution in [0.4, 0.5) is 0 Å². The Kier molecular flexibility index (Phi) is 4.95. The number of allylic oxidation sites excluding steroid dienone is 2. The average molecular weight is 420 g/mol. The quantitative estimate of drug-likeness (QED) is 0.422. The van der Waals surface area contributed by atoms with Crippen molar-refractivity contribution in [1.82, 2.24) is 0 Å². The second-order valence-electron chi connectivity index (χ2n) is 7.10. The van der Waals surface area contributed by atoms with Crippen molar-refractivity contribution in [3.63, 3.8) is 0 Å². The third-order valence-corrected chi connectivity index (χ3v) is 5.20. The summed E-state index contributed by atoms with van der Waals surface area (Å²) in [7, 11) is 0. The van der Waals surface area contributed by atoms with Gasteiger partial charge in [-0.25, -0.2) is 0 Å². The van der Waals surface area contributed by atoms with Crippen molar-refractivity contribution < 1.29 is 18.9 Å². The fourth-order valence-corrected chi connectivity index (χ4v) is 3.57. The minimum absolute atomic E-state index is 0.175. The molecule has 0 atom stereocenters. The first-order valence-electron chi connectivity index (χ1n) is 9.88. The Morgan fingerprint density at radius 2 is 1.06 bits per heavy atom. The molecule has 0 N–H and O–H groups in total. The fraction of sp³-hybridized carbons (Fsp3) is 0.0769. The highest BCUT2D eigenvalue weighted by Crippen LogP contribution is 2.36. The molecule has 0 saturated heterocycles. The van der Waals surface area contributed by atoms with Gasteiger partial charge in [-0.15, -0.1) is 0 Å². The normalized spacial score (nSPS) is 14.1. The molecule has 3 aromatic rings. The summed E-state index contributed by atoms with van der Waals surface area (Å²) in [5.74, 6) is 2.56. The molecule has 0 bridgehead atoms. The maximum Gasteiger partial charge on any atom is 0.231 e. The van der Waals surface area contributed by atoms with Crippen LogP contribution in [0.25, 0.3) is 23.3 Å². The minimum atomic E-state index is 0.175. The molecule has 32 heavy (non-hydrogen) atoms. The zero-order valence-electron chi connectivity index (χ0n) is 16.9. The van der Waals surface area contributed by atoms with E-state index in [-0.39, 0.29) is 13.6 Å². The van der Waals surface area contributed by atoms with Crippen molar-refractivity contribution in [2.24, 2.45) is 0 Å². The van der Waals surface area contributed by atoms with Gasteiger partial charge in [-0.3, -0.25) is 0 Å². The van der Waals surface area contributed by atoms with Crippen molar-refractivity contribution in [2.75, 3.05) is 13.6 Å². The average Bonchev–Trinajstić information content (AvgIpc) is 3.50. The van der Waals surface area contributed by atoms with Crippen LogP contribution in [0.5, 0.6) is 23.0 Å². The molecule has 0 spiro atoms. The lowest BCUT2D eigenvalue weighted by atomic mass is 9.97. The van der Waals surface area contributed by atoms with Crippen molar-refractivity contribution in [3.8, 4) is 35.1 Å². The Labute approximate surface area is 184 Å². The molecule has 6 heteroatoms. The van der Waals surface area contributed by atoms with Crippen LogP contribution in [0.15, 0.2) is 60.7 Å². The summed E-state index contributed by atoms with van der Waals surface area (Å²) < 4.78 is 21.6. The Morgan fingerprint density at radius 1 is 0.625 bits per heavy atom. The summed E-state index contributed by atoms with van der Waals surface area (Å²) in [6.45, 7) is 0.351. The topological polar surface area (TPSA) is 84.5 Å². The molecule has 2 aliphatic rings. The molecule has 0 aliphatic carbocycles. The molecular weight excluding hydrogens is 404 g/mol. The standard InChI is InChI=1S/C26H16N2O4/c27-13-21(19-5-7-23-25(11-19)31-15-29-23)9-17-3-1-2-4-18(17)10-22(14-28)20-6-8-24-26(12-20)32-16-30-24/h1-12H,15-16H2/b21-9+,22-10+. The van der Waals surface area contributed by atoms with Gasteiger partial charge in [0.2, 0.25) is 13.6 Å². The van der Waals surface area contributed by atoms with E-state index >= 15 is 0 Å². The zero-order chi connectivity index (χ0) is 21.9. The van der Waals surface area contributed by atoms with E-state index in [1.54, 1.807) is 36.4 Å². The first kappa shape index (κ1) is 19.3. The van der Waals surface area contributed by atoms with Gasteiger partial charge >= 0.3 is 0 Å². The Balaban J connectivity index is 1.53. The van der Waals surface area contributed by atoms with E-state index < -0.39 is 0 Å². The maximum atomic E-state index is 9.79. The molecule has 5 rings (SSSR count). The van der Waals surface area contributed by atoms with E-state index in [9.17, 15) is 10.5 Å². The number of nitriles is 2. The van der Waals surface area contributed by atoms with Gasteiger partial charge in [-0.1, -0.05) is 24.3 Å². The van der Waals surface area contributed by atoms with Crippen molar-refractivity contribution in [1.29, 1.82) is 10.5 Å². The van der Waals surface area contributed by atoms with Gasteiger partial charge < -0.3 is 18.9 Å². The highest BCUT2D eigenvalue weighted by Gasteiger charge is 2.16. The van der Waals surface area contributed by atoms with E-state index in [1.807, 2.05) is 36.4 Å². The summed E-state index contributed by atoms with van der Waals surface area (Å²) in [6.07, 6.45) is 3.61. The fourth-order valence-electron chi connectivity index (χ4n) is 3.57. The lowest BCUT2D eigenvalue weighted by Gasteiger charge is -2.06. The molecule has 2 heterocycles. The van der Waals surface area contributed by atoms with Gasteiger partial charge in [0.25, 0.3) is 0 Å². The van der Waals surface area contributed by atoms with Gasteiger partial charge in [0.05, 0.1) is 23.3 Å². The number of nitrogens with zero attached hydrogens (tertiary/aromatic N) is 2. The molecule has 2 aliphatic heterocycles. The first-order chi connectivity index (χ1) is 15.7. The number of hydrogen-bond donors (Lipinski definition) is 0. The molecule has 0 amide bonds. The predicted octanol–water partition coefficient (Wildman–Crippen LogP) is 5.27. The summed E-state index contributed by atoms with van der Waals surface area (Å²) >= 11 is 0. The van der Waals surface area contributed by atoms with Crippen molar-refractivity contribution >= 4 is 23.3 Å². The molecule has 0 radical (unpaired) electrons. The number of ether oxygens (including phenoxy) is 4. The third-order valence-electron chi connectivity index (χ3n) is 5.20. The molecule has 0 aromatic heterocycles. The van der Waals surface area contributed by atoms with E-state index in [0.717, 1.165) is 22.3 Å². The molecule has 0 unspecified atom stereocenters. The van der Waals surface area contributed by atoms with E-state index in [4.69, 9.17) is 18.9 Å². The van der Waals surface area contributed by atoms with Crippen LogP contribution < -0.4 is 18.9 Å². The lowest BCUT2D eigenvalue weighted by Crippen LogP contribution is -1.93. The summed E-state index contributed by atoms with van der Waals surface area (Å²) in [5.41, 5.74) is 4.04. The van der Waals surface area contributed by atoms with Crippen LogP contribution in [0.1, 0.15) is 22.3 Å². The number of hydrogen-bond acceptors (Lipinski definition) is 6. The third kappa shape index (κ3) is 3.62. The largest absolute Gasteiger partial charge is 0.454 e. The minimum Gasteiger partial charge on any atom is -0.454 e.